The van der Waals surface area contributed by atoms with Gasteiger partial charge in [0, 0.05) is 4.47 Å². The lowest BCUT2D eigenvalue weighted by Gasteiger charge is -2.17. The molecule has 1 aromatic carbocycles. The second-order valence-electron chi connectivity index (χ2n) is 4.54. The number of rotatable bonds is 5. The number of halogens is 1. The summed E-state index contributed by atoms with van der Waals surface area (Å²) in [4.78, 5) is 12.6. The maximum absolute atomic E-state index is 12.3. The first-order valence-electron chi connectivity index (χ1n) is 5.96. The molecule has 6 heteroatoms. The minimum absolute atomic E-state index is 0.214. The smallest absolute Gasteiger partial charge is 0.255 e. The summed E-state index contributed by atoms with van der Waals surface area (Å²) in [5, 5.41) is 2.89. The zero-order chi connectivity index (χ0) is 14.0. The highest BCUT2D eigenvalue weighted by Crippen LogP contribution is 2.33. The van der Waals surface area contributed by atoms with E-state index in [-0.39, 0.29) is 11.9 Å². The molecule has 1 aliphatic carbocycles. The lowest BCUT2D eigenvalue weighted by molar-refractivity contribution is 0.0940. The molecule has 0 aliphatic heterocycles. The van der Waals surface area contributed by atoms with Crippen LogP contribution in [0.3, 0.4) is 0 Å². The fourth-order valence-electron chi connectivity index (χ4n) is 1.92. The third-order valence-electron chi connectivity index (χ3n) is 3.09. The first kappa shape index (κ1) is 14.3. The summed E-state index contributed by atoms with van der Waals surface area (Å²) in [5.41, 5.74) is 6.16. The molecule has 1 amide bonds. The Kier molecular flexibility index (Phi) is 4.42. The van der Waals surface area contributed by atoms with Crippen molar-refractivity contribution in [2.75, 3.05) is 7.11 Å². The van der Waals surface area contributed by atoms with Crippen LogP contribution in [0.1, 0.15) is 23.2 Å². The van der Waals surface area contributed by atoms with Gasteiger partial charge in [-0.05, 0) is 37.0 Å². The third kappa shape index (κ3) is 3.45. The van der Waals surface area contributed by atoms with Crippen molar-refractivity contribution in [1.29, 1.82) is 0 Å². The van der Waals surface area contributed by atoms with Crippen molar-refractivity contribution in [3.8, 4) is 5.75 Å². The Morgan fingerprint density at radius 2 is 2.26 bits per heavy atom. The standard InChI is InChI=1S/C13H15BrN2O2S/c1-18-10-6-8(14)4-5-9(10)13(17)16-11(12(15)19)7-2-3-7/h4-7,11H,2-3H2,1H3,(H2,15,19)(H,16,17). The molecule has 1 aliphatic rings. The number of benzene rings is 1. The van der Waals surface area contributed by atoms with Gasteiger partial charge in [-0.25, -0.2) is 0 Å². The highest BCUT2D eigenvalue weighted by Gasteiger charge is 2.34. The summed E-state index contributed by atoms with van der Waals surface area (Å²) in [6, 6.07) is 5.03. The van der Waals surface area contributed by atoms with E-state index in [1.807, 2.05) is 0 Å². The maximum atomic E-state index is 12.3. The molecule has 0 spiro atoms. The van der Waals surface area contributed by atoms with Crippen molar-refractivity contribution in [1.82, 2.24) is 5.32 Å². The van der Waals surface area contributed by atoms with Crippen molar-refractivity contribution < 1.29 is 9.53 Å². The molecule has 1 aromatic rings. The van der Waals surface area contributed by atoms with E-state index in [4.69, 9.17) is 22.7 Å². The summed E-state index contributed by atoms with van der Waals surface area (Å²) in [6.45, 7) is 0. The van der Waals surface area contributed by atoms with Gasteiger partial charge in [0.2, 0.25) is 0 Å². The average Bonchev–Trinajstić information content (AvgIpc) is 3.19. The Balaban J connectivity index is 2.17. The van der Waals surface area contributed by atoms with Crippen LogP contribution in [0.4, 0.5) is 0 Å². The zero-order valence-electron chi connectivity index (χ0n) is 10.5. The summed E-state index contributed by atoms with van der Waals surface area (Å²) >= 11 is 8.35. The second kappa shape index (κ2) is 5.88. The van der Waals surface area contributed by atoms with Gasteiger partial charge in [0.25, 0.3) is 5.91 Å². The zero-order valence-corrected chi connectivity index (χ0v) is 12.9. The Labute approximate surface area is 125 Å². The first-order valence-corrected chi connectivity index (χ1v) is 7.16. The molecular formula is C13H15BrN2O2S. The minimum atomic E-state index is -0.226. The fraction of sp³-hybridized carbons (Fsp3) is 0.385. The van der Waals surface area contributed by atoms with Gasteiger partial charge in [-0.3, -0.25) is 4.79 Å². The molecule has 1 saturated carbocycles. The van der Waals surface area contributed by atoms with E-state index in [1.165, 1.54) is 7.11 Å². The monoisotopic (exact) mass is 342 g/mol. The van der Waals surface area contributed by atoms with Gasteiger partial charge in [-0.1, -0.05) is 28.1 Å². The predicted molar refractivity (Wildman–Crippen MR) is 81.5 cm³/mol. The molecule has 1 unspecified atom stereocenters. The Morgan fingerprint density at radius 3 is 2.79 bits per heavy atom. The first-order chi connectivity index (χ1) is 9.02. The Morgan fingerprint density at radius 1 is 1.58 bits per heavy atom. The quantitative estimate of drug-likeness (QED) is 0.805. The van der Waals surface area contributed by atoms with Gasteiger partial charge >= 0.3 is 0 Å². The van der Waals surface area contributed by atoms with Crippen molar-refractivity contribution in [3.05, 3.63) is 28.2 Å². The van der Waals surface area contributed by atoms with Gasteiger partial charge in [0.15, 0.2) is 0 Å². The number of methoxy groups -OCH3 is 1. The van der Waals surface area contributed by atoms with Crippen molar-refractivity contribution in [2.45, 2.75) is 18.9 Å². The van der Waals surface area contributed by atoms with Gasteiger partial charge < -0.3 is 15.8 Å². The van der Waals surface area contributed by atoms with Gasteiger partial charge in [0.1, 0.15) is 5.75 Å². The minimum Gasteiger partial charge on any atom is -0.496 e. The number of thiocarbonyl (C=S) groups is 1. The number of hydrogen-bond donors (Lipinski definition) is 2. The van der Waals surface area contributed by atoms with E-state index < -0.39 is 0 Å². The normalized spacial score (nSPS) is 15.7. The largest absolute Gasteiger partial charge is 0.496 e. The van der Waals surface area contributed by atoms with Crippen LogP contribution >= 0.6 is 28.1 Å². The van der Waals surface area contributed by atoms with Crippen LogP contribution in [0, 0.1) is 5.92 Å². The van der Waals surface area contributed by atoms with Crippen LogP contribution in [-0.4, -0.2) is 24.0 Å². The van der Waals surface area contributed by atoms with E-state index >= 15 is 0 Å². The van der Waals surface area contributed by atoms with E-state index in [0.717, 1.165) is 17.3 Å². The van der Waals surface area contributed by atoms with Crippen LogP contribution in [0.2, 0.25) is 0 Å². The summed E-state index contributed by atoms with van der Waals surface area (Å²) in [7, 11) is 1.53. The molecule has 19 heavy (non-hydrogen) atoms. The van der Waals surface area contributed by atoms with E-state index in [9.17, 15) is 4.79 Å². The number of carbonyl (C=O) groups is 1. The molecule has 4 nitrogen and oxygen atoms in total. The highest BCUT2D eigenvalue weighted by atomic mass is 79.9. The Hall–Kier alpha value is -1.14. The van der Waals surface area contributed by atoms with Crippen LogP contribution in [0.15, 0.2) is 22.7 Å². The number of amides is 1. The van der Waals surface area contributed by atoms with Crippen molar-refractivity contribution in [3.63, 3.8) is 0 Å². The highest BCUT2D eigenvalue weighted by molar-refractivity contribution is 9.10. The van der Waals surface area contributed by atoms with Crippen LogP contribution in [0.5, 0.6) is 5.75 Å². The molecular weight excluding hydrogens is 328 g/mol. The molecule has 0 radical (unpaired) electrons. The Bertz CT molecular complexity index is 517. The van der Waals surface area contributed by atoms with E-state index in [2.05, 4.69) is 21.2 Å². The van der Waals surface area contributed by atoms with Crippen molar-refractivity contribution >= 4 is 39.0 Å². The average molecular weight is 343 g/mol. The third-order valence-corrected chi connectivity index (χ3v) is 3.84. The molecule has 0 aromatic heterocycles. The SMILES string of the molecule is COc1cc(Br)ccc1C(=O)NC(C(N)=S)C1CC1. The van der Waals surface area contributed by atoms with Crippen LogP contribution in [0.25, 0.3) is 0 Å². The maximum Gasteiger partial charge on any atom is 0.255 e. The number of ether oxygens (including phenoxy) is 1. The molecule has 1 atom stereocenters. The summed E-state index contributed by atoms with van der Waals surface area (Å²) in [6.07, 6.45) is 2.11. The molecule has 102 valence electrons. The number of hydrogen-bond acceptors (Lipinski definition) is 3. The second-order valence-corrected chi connectivity index (χ2v) is 5.92. The van der Waals surface area contributed by atoms with Crippen molar-refractivity contribution in [2.24, 2.45) is 11.7 Å². The van der Waals surface area contributed by atoms with Gasteiger partial charge in [-0.2, -0.15) is 0 Å². The van der Waals surface area contributed by atoms with E-state index in [0.29, 0.717) is 22.2 Å². The topological polar surface area (TPSA) is 64.3 Å². The lowest BCUT2D eigenvalue weighted by Crippen LogP contribution is -2.45. The number of carbonyl (C=O) groups excluding carboxylic acids is 1. The summed E-state index contributed by atoms with van der Waals surface area (Å²) < 4.78 is 6.07. The molecule has 0 saturated heterocycles. The summed E-state index contributed by atoms with van der Waals surface area (Å²) in [5.74, 6) is 0.682. The number of nitrogens with one attached hydrogen (secondary N) is 1. The molecule has 2 rings (SSSR count). The van der Waals surface area contributed by atoms with E-state index in [1.54, 1.807) is 18.2 Å². The van der Waals surface area contributed by atoms with Gasteiger partial charge in [0.05, 0.1) is 23.7 Å². The number of nitrogens with two attached hydrogens (primary N) is 1. The molecule has 0 heterocycles. The van der Waals surface area contributed by atoms with Gasteiger partial charge in [-0.15, -0.1) is 0 Å². The molecule has 3 N–H and O–H groups in total. The lowest BCUT2D eigenvalue weighted by atomic mass is 10.1. The fourth-order valence-corrected chi connectivity index (χ4v) is 2.51. The predicted octanol–water partition coefficient (Wildman–Crippen LogP) is 2.25. The molecule has 1 fully saturated rings. The molecule has 0 bridgehead atoms. The van der Waals surface area contributed by atoms with Crippen LogP contribution in [-0.2, 0) is 0 Å². The van der Waals surface area contributed by atoms with Crippen LogP contribution < -0.4 is 15.8 Å².